The van der Waals surface area contributed by atoms with Gasteiger partial charge in [-0.25, -0.2) is 0 Å². The zero-order valence-electron chi connectivity index (χ0n) is 37.6. The summed E-state index contributed by atoms with van der Waals surface area (Å²) in [5.74, 6) is 0. The fourth-order valence-electron chi connectivity index (χ4n) is 12.1. The Bertz CT molecular complexity index is 3900. The van der Waals surface area contributed by atoms with Crippen LogP contribution in [-0.2, 0) is 16.2 Å². The number of nitrogens with zero attached hydrogens (tertiary/aromatic N) is 2. The fraction of sp³-hybridized carbons (Fsp3) is 0.186. The molecule has 308 valence electrons. The van der Waals surface area contributed by atoms with Gasteiger partial charge in [0.1, 0.15) is 11.2 Å². The van der Waals surface area contributed by atoms with E-state index in [9.17, 15) is 0 Å². The van der Waals surface area contributed by atoms with Crippen molar-refractivity contribution >= 4 is 104 Å². The highest BCUT2D eigenvalue weighted by Gasteiger charge is 2.48. The Balaban J connectivity index is 1.23. The van der Waals surface area contributed by atoms with Gasteiger partial charge in [0.05, 0.1) is 11.0 Å². The van der Waals surface area contributed by atoms with E-state index in [4.69, 9.17) is 4.42 Å². The number of hydrogen-bond acceptors (Lipinski definition) is 3. The van der Waals surface area contributed by atoms with E-state index in [0.717, 1.165) is 21.9 Å². The second kappa shape index (κ2) is 12.0. The van der Waals surface area contributed by atoms with E-state index in [1.165, 1.54) is 114 Å². The molecule has 2 aliphatic heterocycles. The Kier molecular flexibility index (Phi) is 6.89. The summed E-state index contributed by atoms with van der Waals surface area (Å²) in [6.45, 7) is 18.7. The SMILES string of the molecule is CC(C)(C)c1ccc(N2B3c4cc5c(cc4-n4c6ccc(C(C)(C)C)cc6c6c7sc8ccccc8c7c(c3c64)-c3cc4oc6ccccc6c4cc32)-c2ccccc2C5(C)C)cc1. The van der Waals surface area contributed by atoms with Gasteiger partial charge in [-0.05, 0) is 115 Å². The third-order valence-corrected chi connectivity index (χ3v) is 16.5. The first kappa shape index (κ1) is 36.9. The first-order valence-corrected chi connectivity index (χ1v) is 23.7. The standard InChI is InChI=1S/C59H47BN2OS/c1-57(2,3)32-21-24-34(25-22-32)62-46-29-39-36-16-10-13-19-48(36)63-49(39)30-41(46)51-52-37-17-11-14-20-50(37)64-56(52)53-40-27-33(58(4,5)6)23-26-45(40)61-47-28-38-35-15-9-12-18-42(35)59(7,8)43(38)31-44(47)60(62)54(51)55(53)61/h9-31H,1-8H3. The summed E-state index contributed by atoms with van der Waals surface area (Å²) in [5.41, 5.74) is 21.4. The van der Waals surface area contributed by atoms with Crippen LogP contribution in [0, 0.1) is 0 Å². The van der Waals surface area contributed by atoms with Crippen LogP contribution in [0.15, 0.2) is 144 Å². The lowest BCUT2D eigenvalue weighted by Gasteiger charge is -2.43. The lowest BCUT2D eigenvalue weighted by Crippen LogP contribution is -2.60. The molecule has 0 bridgehead atoms. The second-order valence-electron chi connectivity index (χ2n) is 21.3. The van der Waals surface area contributed by atoms with E-state index in [1.54, 1.807) is 0 Å². The predicted octanol–water partition coefficient (Wildman–Crippen LogP) is 15.2. The third kappa shape index (κ3) is 4.58. The van der Waals surface area contributed by atoms with Gasteiger partial charge >= 0.3 is 6.85 Å². The number of aromatic nitrogens is 1. The van der Waals surface area contributed by atoms with Crippen LogP contribution >= 0.6 is 11.3 Å². The molecule has 3 aliphatic rings. The largest absolute Gasteiger partial charge is 0.456 e. The van der Waals surface area contributed by atoms with Gasteiger partial charge in [0.2, 0.25) is 0 Å². The van der Waals surface area contributed by atoms with Crippen molar-refractivity contribution in [2.24, 2.45) is 0 Å². The summed E-state index contributed by atoms with van der Waals surface area (Å²) < 4.78 is 12.1. The molecule has 0 fully saturated rings. The smallest absolute Gasteiger partial charge is 0.333 e. The van der Waals surface area contributed by atoms with Gasteiger partial charge in [0.25, 0.3) is 0 Å². The summed E-state index contributed by atoms with van der Waals surface area (Å²) in [6, 6.07) is 53.6. The molecule has 14 rings (SSSR count). The van der Waals surface area contributed by atoms with Gasteiger partial charge in [-0.1, -0.05) is 140 Å². The highest BCUT2D eigenvalue weighted by Crippen LogP contribution is 2.55. The molecule has 1 aliphatic carbocycles. The summed E-state index contributed by atoms with van der Waals surface area (Å²) in [6.07, 6.45) is 0. The molecule has 0 radical (unpaired) electrons. The van der Waals surface area contributed by atoms with E-state index >= 15 is 0 Å². The van der Waals surface area contributed by atoms with Gasteiger partial charge in [-0.3, -0.25) is 0 Å². The van der Waals surface area contributed by atoms with E-state index in [-0.39, 0.29) is 23.1 Å². The van der Waals surface area contributed by atoms with E-state index in [1.807, 2.05) is 11.3 Å². The highest BCUT2D eigenvalue weighted by atomic mass is 32.1. The van der Waals surface area contributed by atoms with Crippen molar-refractivity contribution in [3.8, 4) is 27.9 Å². The molecule has 0 spiro atoms. The maximum atomic E-state index is 6.79. The predicted molar refractivity (Wildman–Crippen MR) is 275 cm³/mol. The Labute approximate surface area is 377 Å². The van der Waals surface area contributed by atoms with Crippen LogP contribution in [0.2, 0.25) is 0 Å². The minimum atomic E-state index is -0.166. The molecule has 64 heavy (non-hydrogen) atoms. The van der Waals surface area contributed by atoms with Crippen LogP contribution in [0.25, 0.3) is 91.9 Å². The van der Waals surface area contributed by atoms with Crippen molar-refractivity contribution in [2.45, 2.75) is 71.6 Å². The van der Waals surface area contributed by atoms with E-state index < -0.39 is 0 Å². The maximum Gasteiger partial charge on any atom is 0.333 e. The lowest BCUT2D eigenvalue weighted by atomic mass is 9.43. The second-order valence-corrected chi connectivity index (χ2v) is 22.3. The molecule has 0 N–H and O–H groups in total. The zero-order chi connectivity index (χ0) is 43.3. The van der Waals surface area contributed by atoms with Crippen molar-refractivity contribution in [3.05, 3.63) is 162 Å². The normalized spacial score (nSPS) is 14.9. The topological polar surface area (TPSA) is 21.3 Å². The Morgan fingerprint density at radius 1 is 0.562 bits per heavy atom. The summed E-state index contributed by atoms with van der Waals surface area (Å²) >= 11 is 1.96. The van der Waals surface area contributed by atoms with Crippen LogP contribution in [0.3, 0.4) is 0 Å². The van der Waals surface area contributed by atoms with Crippen LogP contribution in [0.4, 0.5) is 11.4 Å². The van der Waals surface area contributed by atoms with Crippen LogP contribution in [-0.4, -0.2) is 11.4 Å². The summed E-state index contributed by atoms with van der Waals surface area (Å²) in [4.78, 5) is 2.70. The molecule has 3 aromatic heterocycles. The van der Waals surface area contributed by atoms with Crippen LogP contribution < -0.4 is 15.7 Å². The van der Waals surface area contributed by atoms with Crippen LogP contribution in [0.5, 0.6) is 0 Å². The van der Waals surface area contributed by atoms with Gasteiger partial charge in [-0.2, -0.15) is 0 Å². The van der Waals surface area contributed by atoms with Crippen molar-refractivity contribution < 1.29 is 4.42 Å². The molecule has 8 aromatic carbocycles. The Morgan fingerprint density at radius 3 is 2.08 bits per heavy atom. The monoisotopic (exact) mass is 842 g/mol. The van der Waals surface area contributed by atoms with Crippen LogP contribution in [0.1, 0.15) is 77.6 Å². The molecular formula is C59H47BN2OS. The molecule has 11 aromatic rings. The molecule has 0 saturated carbocycles. The first-order chi connectivity index (χ1) is 30.8. The number of rotatable bonds is 1. The zero-order valence-corrected chi connectivity index (χ0v) is 38.4. The highest BCUT2D eigenvalue weighted by molar-refractivity contribution is 7.27. The molecule has 0 saturated heterocycles. The number of fused-ring (bicyclic) bond motifs is 19. The molecular weight excluding hydrogens is 796 g/mol. The molecule has 0 unspecified atom stereocenters. The van der Waals surface area contributed by atoms with Crippen molar-refractivity contribution in [1.82, 2.24) is 4.57 Å². The number of furan rings is 1. The average molecular weight is 843 g/mol. The van der Waals surface area contributed by atoms with E-state index in [0.29, 0.717) is 0 Å². The number of thiophene rings is 1. The molecule has 5 heteroatoms. The summed E-state index contributed by atoms with van der Waals surface area (Å²) in [5, 5.41) is 7.65. The Morgan fingerprint density at radius 2 is 1.28 bits per heavy atom. The van der Waals surface area contributed by atoms with Crippen molar-refractivity contribution in [2.75, 3.05) is 4.81 Å². The van der Waals surface area contributed by atoms with Crippen molar-refractivity contribution in [1.29, 1.82) is 0 Å². The quantitative estimate of drug-likeness (QED) is 0.154. The molecule has 0 amide bonds. The van der Waals surface area contributed by atoms with Gasteiger partial charge < -0.3 is 13.8 Å². The third-order valence-electron chi connectivity index (χ3n) is 15.3. The lowest BCUT2D eigenvalue weighted by molar-refractivity contribution is 0.590. The van der Waals surface area contributed by atoms with E-state index in [2.05, 4.69) is 204 Å². The minimum absolute atomic E-state index is 0.0141. The fourth-order valence-corrected chi connectivity index (χ4v) is 13.3. The molecule has 5 heterocycles. The van der Waals surface area contributed by atoms with Crippen molar-refractivity contribution in [3.63, 3.8) is 0 Å². The minimum Gasteiger partial charge on any atom is -0.456 e. The van der Waals surface area contributed by atoms with Gasteiger partial charge in [-0.15, -0.1) is 11.3 Å². The maximum absolute atomic E-state index is 6.79. The average Bonchev–Trinajstić information content (AvgIpc) is 4.01. The number of hydrogen-bond donors (Lipinski definition) is 0. The first-order valence-electron chi connectivity index (χ1n) is 22.9. The molecule has 3 nitrogen and oxygen atoms in total. The van der Waals surface area contributed by atoms with Gasteiger partial charge in [0.15, 0.2) is 0 Å². The Hall–Kier alpha value is -6.56. The summed E-state index contributed by atoms with van der Waals surface area (Å²) in [7, 11) is 0. The number of para-hydroxylation sites is 1. The number of benzene rings is 8. The molecule has 0 atom stereocenters. The number of anilines is 2. The van der Waals surface area contributed by atoms with Gasteiger partial charge in [0, 0.05) is 69.8 Å².